The van der Waals surface area contributed by atoms with Gasteiger partial charge in [-0.25, -0.2) is 22.2 Å². The molecule has 0 radical (unpaired) electrons. The van der Waals surface area contributed by atoms with E-state index in [4.69, 9.17) is 0 Å². The lowest BCUT2D eigenvalue weighted by molar-refractivity contribution is 0.597. The summed E-state index contributed by atoms with van der Waals surface area (Å²) in [5.41, 5.74) is 2.41. The van der Waals surface area contributed by atoms with Gasteiger partial charge in [0.05, 0.1) is 11.9 Å². The van der Waals surface area contributed by atoms with Crippen LogP contribution in [0.15, 0.2) is 60.6 Å². The van der Waals surface area contributed by atoms with E-state index < -0.39 is 15.8 Å². The van der Waals surface area contributed by atoms with Crippen LogP contribution in [0.4, 0.5) is 37.6 Å². The number of aromatic nitrogens is 2. The van der Waals surface area contributed by atoms with E-state index >= 15 is 0 Å². The van der Waals surface area contributed by atoms with Gasteiger partial charge >= 0.3 is 0 Å². The molecule has 0 unspecified atom stereocenters. The summed E-state index contributed by atoms with van der Waals surface area (Å²) >= 11 is 0. The van der Waals surface area contributed by atoms with Crippen molar-refractivity contribution in [2.24, 2.45) is 0 Å². The van der Waals surface area contributed by atoms with E-state index in [-0.39, 0.29) is 23.0 Å². The molecule has 164 valence electrons. The van der Waals surface area contributed by atoms with Crippen molar-refractivity contribution in [3.63, 3.8) is 0 Å². The minimum atomic E-state index is -3.65. The molecule has 32 heavy (non-hydrogen) atoms. The van der Waals surface area contributed by atoms with Crippen LogP contribution in [0.5, 0.6) is 0 Å². The summed E-state index contributed by atoms with van der Waals surface area (Å²) in [5.74, 6) is -1.02. The van der Waals surface area contributed by atoms with E-state index in [0.717, 1.165) is 30.0 Å². The molecule has 3 aromatic rings. The number of anilines is 5. The van der Waals surface area contributed by atoms with Crippen LogP contribution < -0.4 is 14.9 Å². The van der Waals surface area contributed by atoms with Gasteiger partial charge < -0.3 is 10.6 Å². The van der Waals surface area contributed by atoms with E-state index in [1.807, 2.05) is 6.07 Å². The average Bonchev–Trinajstić information content (AvgIpc) is 3.48. The quantitative estimate of drug-likeness (QED) is 0.566. The number of fused-ring (bicyclic) bond motifs is 2. The van der Waals surface area contributed by atoms with Gasteiger partial charge in [-0.15, -0.1) is 0 Å². The standard InChI is InChI=1S/C22H19F2N5O2S/c1-2-32(30,31)29-13-22(9-10-22)17-8-7-16(11-19(17)29)26-20-18(24)12-25-21(28-20)27-15-5-3-14(23)4-6-15/h2-8,11-12H,1,9-10,13H2,(H2,25,26,27,28). The highest BCUT2D eigenvalue weighted by molar-refractivity contribution is 7.95. The van der Waals surface area contributed by atoms with Crippen molar-refractivity contribution in [3.8, 4) is 0 Å². The molecular formula is C22H19F2N5O2S. The molecule has 1 aliphatic carbocycles. The lowest BCUT2D eigenvalue weighted by Gasteiger charge is -2.18. The minimum absolute atomic E-state index is 0.0816. The van der Waals surface area contributed by atoms with Gasteiger partial charge in [-0.05, 0) is 54.8 Å². The van der Waals surface area contributed by atoms with Crippen LogP contribution in [0.3, 0.4) is 0 Å². The molecule has 2 N–H and O–H groups in total. The number of hydrogen-bond donors (Lipinski definition) is 2. The van der Waals surface area contributed by atoms with Crippen molar-refractivity contribution < 1.29 is 17.2 Å². The summed E-state index contributed by atoms with van der Waals surface area (Å²) in [6.07, 6.45) is 2.87. The zero-order chi connectivity index (χ0) is 22.5. The Morgan fingerprint density at radius 1 is 1.06 bits per heavy atom. The van der Waals surface area contributed by atoms with E-state index in [0.29, 0.717) is 23.6 Å². The second-order valence-electron chi connectivity index (χ2n) is 7.88. The Morgan fingerprint density at radius 3 is 2.47 bits per heavy atom. The normalized spacial score (nSPS) is 16.0. The zero-order valence-corrected chi connectivity index (χ0v) is 17.7. The Hall–Kier alpha value is -3.53. The molecule has 0 atom stereocenters. The number of halogens is 2. The first-order valence-corrected chi connectivity index (χ1v) is 11.4. The smallest absolute Gasteiger partial charge is 0.256 e. The van der Waals surface area contributed by atoms with Crippen molar-refractivity contribution in [2.75, 3.05) is 21.5 Å². The molecule has 0 bridgehead atoms. The molecule has 7 nitrogen and oxygen atoms in total. The molecule has 0 saturated heterocycles. The van der Waals surface area contributed by atoms with Crippen molar-refractivity contribution >= 4 is 38.9 Å². The summed E-state index contributed by atoms with van der Waals surface area (Å²) < 4.78 is 53.9. The fourth-order valence-electron chi connectivity index (χ4n) is 3.92. The van der Waals surface area contributed by atoms with E-state index in [2.05, 4.69) is 27.2 Å². The minimum Gasteiger partial charge on any atom is -0.338 e. The molecule has 1 aliphatic heterocycles. The van der Waals surface area contributed by atoms with Crippen LogP contribution >= 0.6 is 0 Å². The third-order valence-electron chi connectivity index (χ3n) is 5.76. The molecule has 1 fully saturated rings. The third-order valence-corrected chi connectivity index (χ3v) is 7.12. The zero-order valence-electron chi connectivity index (χ0n) is 16.8. The lowest BCUT2D eigenvalue weighted by atomic mass is 9.98. The number of benzene rings is 2. The van der Waals surface area contributed by atoms with Gasteiger partial charge in [-0.2, -0.15) is 4.98 Å². The second-order valence-corrected chi connectivity index (χ2v) is 9.68. The van der Waals surface area contributed by atoms with Gasteiger partial charge in [0.15, 0.2) is 11.6 Å². The molecule has 1 spiro atoms. The fraction of sp³-hybridized carbons (Fsp3) is 0.182. The molecule has 2 aliphatic rings. The predicted octanol–water partition coefficient (Wildman–Crippen LogP) is 4.57. The topological polar surface area (TPSA) is 87.2 Å². The number of nitrogens with one attached hydrogen (secondary N) is 2. The highest BCUT2D eigenvalue weighted by Crippen LogP contribution is 2.57. The monoisotopic (exact) mass is 455 g/mol. The highest BCUT2D eigenvalue weighted by atomic mass is 32.2. The molecule has 2 heterocycles. The van der Waals surface area contributed by atoms with E-state index in [1.54, 1.807) is 12.1 Å². The van der Waals surface area contributed by atoms with Gasteiger partial charge in [-0.3, -0.25) is 4.31 Å². The number of sulfonamides is 1. The van der Waals surface area contributed by atoms with Gasteiger partial charge in [-0.1, -0.05) is 12.6 Å². The summed E-state index contributed by atoms with van der Waals surface area (Å²) in [4.78, 5) is 8.06. The molecule has 10 heteroatoms. The van der Waals surface area contributed by atoms with Crippen LogP contribution in [0, 0.1) is 11.6 Å². The largest absolute Gasteiger partial charge is 0.338 e. The molecular weight excluding hydrogens is 436 g/mol. The third kappa shape index (κ3) is 3.56. The summed E-state index contributed by atoms with van der Waals surface area (Å²) in [5, 5.41) is 6.73. The van der Waals surface area contributed by atoms with Crippen LogP contribution in [0.1, 0.15) is 18.4 Å². The Balaban J connectivity index is 1.44. The molecule has 2 aromatic carbocycles. The Kier molecular flexibility index (Phi) is 4.63. The number of hydrogen-bond acceptors (Lipinski definition) is 6. The first kappa shape index (κ1) is 20.4. The van der Waals surface area contributed by atoms with Crippen LogP contribution in [-0.2, 0) is 15.4 Å². The molecule has 1 saturated carbocycles. The maximum absolute atomic E-state index is 14.4. The SMILES string of the molecule is C=CS(=O)(=O)N1CC2(CC2)c2ccc(Nc3nc(Nc4ccc(F)cc4)ncc3F)cc21. The van der Waals surface area contributed by atoms with Gasteiger partial charge in [0.2, 0.25) is 5.95 Å². The number of nitrogens with zero attached hydrogens (tertiary/aromatic N) is 3. The molecule has 1 aromatic heterocycles. The maximum Gasteiger partial charge on any atom is 0.256 e. The molecule has 0 amide bonds. The van der Waals surface area contributed by atoms with Crippen molar-refractivity contribution in [1.82, 2.24) is 9.97 Å². The van der Waals surface area contributed by atoms with Crippen molar-refractivity contribution in [2.45, 2.75) is 18.3 Å². The van der Waals surface area contributed by atoms with Crippen LogP contribution in [-0.4, -0.2) is 24.9 Å². The fourth-order valence-corrected chi connectivity index (χ4v) is 4.95. The Labute approximate surface area is 183 Å². The van der Waals surface area contributed by atoms with E-state index in [1.165, 1.54) is 28.6 Å². The van der Waals surface area contributed by atoms with Crippen LogP contribution in [0.25, 0.3) is 0 Å². The Bertz CT molecular complexity index is 1320. The summed E-state index contributed by atoms with van der Waals surface area (Å²) in [6, 6.07) is 10.9. The second kappa shape index (κ2) is 7.27. The Morgan fingerprint density at radius 2 is 1.78 bits per heavy atom. The average molecular weight is 455 g/mol. The predicted molar refractivity (Wildman–Crippen MR) is 119 cm³/mol. The van der Waals surface area contributed by atoms with Gasteiger partial charge in [0.1, 0.15) is 5.82 Å². The molecule has 5 rings (SSSR count). The van der Waals surface area contributed by atoms with Gasteiger partial charge in [0.25, 0.3) is 10.0 Å². The van der Waals surface area contributed by atoms with Crippen LogP contribution in [0.2, 0.25) is 0 Å². The number of rotatable bonds is 6. The lowest BCUT2D eigenvalue weighted by Crippen LogP contribution is -2.29. The van der Waals surface area contributed by atoms with Crippen molar-refractivity contribution in [3.05, 3.63) is 77.8 Å². The first-order chi connectivity index (χ1) is 15.3. The van der Waals surface area contributed by atoms with E-state index in [9.17, 15) is 17.2 Å². The highest BCUT2D eigenvalue weighted by Gasteiger charge is 2.53. The van der Waals surface area contributed by atoms with Gasteiger partial charge in [0, 0.05) is 28.7 Å². The van der Waals surface area contributed by atoms with Crippen molar-refractivity contribution in [1.29, 1.82) is 0 Å². The summed E-state index contributed by atoms with van der Waals surface area (Å²) in [7, 11) is -3.65. The first-order valence-electron chi connectivity index (χ1n) is 9.92. The summed E-state index contributed by atoms with van der Waals surface area (Å²) in [6.45, 7) is 3.81. The maximum atomic E-state index is 14.4.